The van der Waals surface area contributed by atoms with E-state index in [9.17, 15) is 0 Å². The van der Waals surface area contributed by atoms with Gasteiger partial charge in [-0.05, 0) is 18.6 Å². The average molecular weight is 212 g/mol. The Labute approximate surface area is 93.8 Å². The van der Waals surface area contributed by atoms with Gasteiger partial charge in [0.25, 0.3) is 0 Å². The van der Waals surface area contributed by atoms with E-state index in [4.69, 9.17) is 0 Å². The number of pyridine rings is 1. The Morgan fingerprint density at radius 1 is 1.25 bits per heavy atom. The highest BCUT2D eigenvalue weighted by atomic mass is 15.0. The first-order chi connectivity index (χ1) is 7.84. The van der Waals surface area contributed by atoms with Crippen molar-refractivity contribution in [2.24, 2.45) is 0 Å². The third kappa shape index (κ3) is 1.47. The van der Waals surface area contributed by atoms with Crippen molar-refractivity contribution in [2.75, 3.05) is 0 Å². The lowest BCUT2D eigenvalue weighted by molar-refractivity contribution is 0.758. The quantitative estimate of drug-likeness (QED) is 0.777. The van der Waals surface area contributed by atoms with Gasteiger partial charge in [-0.2, -0.15) is 0 Å². The van der Waals surface area contributed by atoms with Crippen LogP contribution in [0.1, 0.15) is 16.8 Å². The van der Waals surface area contributed by atoms with E-state index in [1.807, 2.05) is 25.4 Å². The van der Waals surface area contributed by atoms with E-state index in [0.717, 1.165) is 35.7 Å². The molecule has 4 nitrogen and oxygen atoms in total. The maximum atomic E-state index is 4.58. The monoisotopic (exact) mass is 212 g/mol. The lowest BCUT2D eigenvalue weighted by Crippen LogP contribution is -2.00. The lowest BCUT2D eigenvalue weighted by atomic mass is 10.1. The highest BCUT2D eigenvalue weighted by Crippen LogP contribution is 2.20. The molecule has 0 saturated heterocycles. The molecule has 1 aliphatic heterocycles. The average Bonchev–Trinajstić information content (AvgIpc) is 2.76. The standard InChI is InChI=1S/C12H12N4/c1-8-4-13-3-2-10(8)12-15-6-9-5-14-7-11(9)16-12/h2-4,6,14H,5,7H2,1H3. The van der Waals surface area contributed by atoms with E-state index in [1.165, 1.54) is 5.56 Å². The van der Waals surface area contributed by atoms with Crippen molar-refractivity contribution >= 4 is 0 Å². The van der Waals surface area contributed by atoms with E-state index in [0.29, 0.717) is 0 Å². The third-order valence-corrected chi connectivity index (χ3v) is 2.82. The zero-order valence-corrected chi connectivity index (χ0v) is 9.07. The van der Waals surface area contributed by atoms with Crippen LogP contribution in [0.25, 0.3) is 11.4 Å². The van der Waals surface area contributed by atoms with Crippen LogP contribution in [0.5, 0.6) is 0 Å². The van der Waals surface area contributed by atoms with Gasteiger partial charge in [0.1, 0.15) is 0 Å². The van der Waals surface area contributed by atoms with E-state index in [2.05, 4.69) is 20.3 Å². The summed E-state index contributed by atoms with van der Waals surface area (Å²) >= 11 is 0. The van der Waals surface area contributed by atoms with Gasteiger partial charge in [0.2, 0.25) is 0 Å². The predicted octanol–water partition coefficient (Wildman–Crippen LogP) is 1.45. The molecule has 4 heteroatoms. The molecule has 0 radical (unpaired) electrons. The van der Waals surface area contributed by atoms with Crippen LogP contribution in [0.2, 0.25) is 0 Å². The summed E-state index contributed by atoms with van der Waals surface area (Å²) < 4.78 is 0. The first kappa shape index (κ1) is 9.42. The van der Waals surface area contributed by atoms with Crippen LogP contribution in [0, 0.1) is 6.92 Å². The Morgan fingerprint density at radius 3 is 3.06 bits per heavy atom. The molecule has 80 valence electrons. The number of aromatic nitrogens is 3. The minimum atomic E-state index is 0.794. The first-order valence-electron chi connectivity index (χ1n) is 5.31. The molecule has 0 bridgehead atoms. The number of nitrogens with one attached hydrogen (secondary N) is 1. The minimum Gasteiger partial charge on any atom is -0.307 e. The lowest BCUT2D eigenvalue weighted by Gasteiger charge is -2.04. The molecule has 1 N–H and O–H groups in total. The fraction of sp³-hybridized carbons (Fsp3) is 0.250. The molecule has 0 aliphatic carbocycles. The second kappa shape index (κ2) is 3.64. The van der Waals surface area contributed by atoms with Gasteiger partial charge in [-0.3, -0.25) is 4.98 Å². The van der Waals surface area contributed by atoms with Crippen molar-refractivity contribution in [1.82, 2.24) is 20.3 Å². The third-order valence-electron chi connectivity index (χ3n) is 2.82. The van der Waals surface area contributed by atoms with E-state index in [1.54, 1.807) is 6.20 Å². The first-order valence-corrected chi connectivity index (χ1v) is 5.31. The summed E-state index contributed by atoms with van der Waals surface area (Å²) in [5.41, 5.74) is 4.48. The van der Waals surface area contributed by atoms with E-state index >= 15 is 0 Å². The number of rotatable bonds is 1. The van der Waals surface area contributed by atoms with Gasteiger partial charge < -0.3 is 5.32 Å². The van der Waals surface area contributed by atoms with Gasteiger partial charge in [-0.25, -0.2) is 9.97 Å². The van der Waals surface area contributed by atoms with Crippen LogP contribution < -0.4 is 5.32 Å². The van der Waals surface area contributed by atoms with Crippen LogP contribution in [0.4, 0.5) is 0 Å². The second-order valence-electron chi connectivity index (χ2n) is 3.96. The van der Waals surface area contributed by atoms with Crippen LogP contribution in [0.3, 0.4) is 0 Å². The molecule has 1 aliphatic rings. The number of fused-ring (bicyclic) bond motifs is 1. The Balaban J connectivity index is 2.11. The molecule has 2 aromatic rings. The highest BCUT2D eigenvalue weighted by molar-refractivity contribution is 5.58. The van der Waals surface area contributed by atoms with Crippen LogP contribution >= 0.6 is 0 Å². The van der Waals surface area contributed by atoms with Crippen molar-refractivity contribution in [3.63, 3.8) is 0 Å². The largest absolute Gasteiger partial charge is 0.307 e. The van der Waals surface area contributed by atoms with Crippen molar-refractivity contribution in [1.29, 1.82) is 0 Å². The van der Waals surface area contributed by atoms with Crippen LogP contribution in [-0.2, 0) is 13.1 Å². The molecule has 0 amide bonds. The van der Waals surface area contributed by atoms with Gasteiger partial charge >= 0.3 is 0 Å². The highest BCUT2D eigenvalue weighted by Gasteiger charge is 2.14. The summed E-state index contributed by atoms with van der Waals surface area (Å²) in [6, 6.07) is 1.96. The van der Waals surface area contributed by atoms with Gasteiger partial charge in [0, 0.05) is 42.8 Å². The molecule has 16 heavy (non-hydrogen) atoms. The molecular formula is C12H12N4. The smallest absolute Gasteiger partial charge is 0.159 e. The maximum Gasteiger partial charge on any atom is 0.159 e. The van der Waals surface area contributed by atoms with Crippen molar-refractivity contribution in [3.05, 3.63) is 41.5 Å². The van der Waals surface area contributed by atoms with E-state index < -0.39 is 0 Å². The Kier molecular flexibility index (Phi) is 2.15. The van der Waals surface area contributed by atoms with Crippen molar-refractivity contribution in [2.45, 2.75) is 20.0 Å². The van der Waals surface area contributed by atoms with Crippen molar-refractivity contribution < 1.29 is 0 Å². The normalized spacial score (nSPS) is 13.8. The van der Waals surface area contributed by atoms with E-state index in [-0.39, 0.29) is 0 Å². The van der Waals surface area contributed by atoms with Gasteiger partial charge in [-0.15, -0.1) is 0 Å². The molecule has 0 saturated carbocycles. The summed E-state index contributed by atoms with van der Waals surface area (Å²) in [5, 5.41) is 3.27. The molecule has 3 rings (SSSR count). The number of nitrogens with zero attached hydrogens (tertiary/aromatic N) is 3. The number of hydrogen-bond donors (Lipinski definition) is 1. The fourth-order valence-corrected chi connectivity index (χ4v) is 1.91. The number of hydrogen-bond acceptors (Lipinski definition) is 4. The Morgan fingerprint density at radius 2 is 2.19 bits per heavy atom. The summed E-state index contributed by atoms with van der Waals surface area (Å²) in [7, 11) is 0. The molecule has 0 spiro atoms. The molecule has 0 unspecified atom stereocenters. The molecule has 3 heterocycles. The second-order valence-corrected chi connectivity index (χ2v) is 3.96. The topological polar surface area (TPSA) is 50.7 Å². The summed E-state index contributed by atoms with van der Waals surface area (Å²) in [4.78, 5) is 13.1. The predicted molar refractivity (Wildman–Crippen MR) is 60.5 cm³/mol. The Hall–Kier alpha value is -1.81. The van der Waals surface area contributed by atoms with Gasteiger partial charge in [0.05, 0.1) is 5.69 Å². The summed E-state index contributed by atoms with van der Waals surface area (Å²) in [6.45, 7) is 3.75. The van der Waals surface area contributed by atoms with Gasteiger partial charge in [0.15, 0.2) is 5.82 Å². The minimum absolute atomic E-state index is 0.794. The summed E-state index contributed by atoms with van der Waals surface area (Å²) in [5.74, 6) is 0.794. The summed E-state index contributed by atoms with van der Waals surface area (Å²) in [6.07, 6.45) is 5.53. The SMILES string of the molecule is Cc1cnccc1-c1ncc2c(n1)CNC2. The zero-order chi connectivity index (χ0) is 11.0. The molecule has 0 atom stereocenters. The molecule has 0 aromatic carbocycles. The molecule has 0 fully saturated rings. The zero-order valence-electron chi connectivity index (χ0n) is 9.07. The van der Waals surface area contributed by atoms with Crippen LogP contribution in [-0.4, -0.2) is 15.0 Å². The molecular weight excluding hydrogens is 200 g/mol. The Bertz CT molecular complexity index is 536. The number of aryl methyl sites for hydroxylation is 1. The van der Waals surface area contributed by atoms with Crippen LogP contribution in [0.15, 0.2) is 24.7 Å². The fourth-order valence-electron chi connectivity index (χ4n) is 1.91. The van der Waals surface area contributed by atoms with Crippen molar-refractivity contribution in [3.8, 4) is 11.4 Å². The van der Waals surface area contributed by atoms with Gasteiger partial charge in [-0.1, -0.05) is 0 Å². The molecule has 2 aromatic heterocycles. The maximum absolute atomic E-state index is 4.58.